The lowest BCUT2D eigenvalue weighted by Gasteiger charge is -2.13. The Labute approximate surface area is 91.4 Å². The molecule has 0 aromatic heterocycles. The Morgan fingerprint density at radius 1 is 1.40 bits per heavy atom. The lowest BCUT2D eigenvalue weighted by atomic mass is 9.94. The van der Waals surface area contributed by atoms with Gasteiger partial charge in [0, 0.05) is 5.56 Å². The molecule has 1 aliphatic rings. The van der Waals surface area contributed by atoms with Crippen LogP contribution in [0.25, 0.3) is 5.57 Å². The summed E-state index contributed by atoms with van der Waals surface area (Å²) >= 11 is 0. The minimum Gasteiger partial charge on any atom is -0.507 e. The first-order valence-corrected chi connectivity index (χ1v) is 5.62. The summed E-state index contributed by atoms with van der Waals surface area (Å²) in [5.41, 5.74) is 3.08. The molecule has 0 amide bonds. The minimum absolute atomic E-state index is 0.358. The number of phenolic OH excluding ortho intramolecular Hbond substituents is 1. The van der Waals surface area contributed by atoms with Crippen LogP contribution >= 0.6 is 0 Å². The average Bonchev–Trinajstić information content (AvgIpc) is 3.00. The van der Waals surface area contributed by atoms with Gasteiger partial charge >= 0.3 is 0 Å². The van der Waals surface area contributed by atoms with E-state index in [1.54, 1.807) is 0 Å². The molecule has 0 atom stereocenters. The molecule has 1 aromatic rings. The summed E-state index contributed by atoms with van der Waals surface area (Å²) in [5, 5.41) is 10.1. The quantitative estimate of drug-likeness (QED) is 0.787. The third-order valence-electron chi connectivity index (χ3n) is 3.11. The second kappa shape index (κ2) is 3.73. The van der Waals surface area contributed by atoms with Gasteiger partial charge in [0.2, 0.25) is 0 Å². The van der Waals surface area contributed by atoms with Crippen LogP contribution in [0.1, 0.15) is 43.7 Å². The fourth-order valence-corrected chi connectivity index (χ4v) is 1.94. The average molecular weight is 202 g/mol. The minimum atomic E-state index is 0.358. The van der Waals surface area contributed by atoms with E-state index >= 15 is 0 Å². The zero-order valence-electron chi connectivity index (χ0n) is 9.46. The summed E-state index contributed by atoms with van der Waals surface area (Å²) in [6.07, 6.45) is 2.45. The highest BCUT2D eigenvalue weighted by atomic mass is 16.3. The predicted octanol–water partition coefficient (Wildman–Crippen LogP) is 3.94. The van der Waals surface area contributed by atoms with Crippen molar-refractivity contribution in [3.63, 3.8) is 0 Å². The normalized spacial score (nSPS) is 15.7. The molecule has 1 nitrogen and oxygen atoms in total. The van der Waals surface area contributed by atoms with Gasteiger partial charge < -0.3 is 5.11 Å². The third kappa shape index (κ3) is 1.92. The lowest BCUT2D eigenvalue weighted by molar-refractivity contribution is 0.463. The Morgan fingerprint density at radius 3 is 2.60 bits per heavy atom. The fourth-order valence-electron chi connectivity index (χ4n) is 1.94. The van der Waals surface area contributed by atoms with Gasteiger partial charge in [-0.15, -0.1) is 0 Å². The second-order valence-corrected chi connectivity index (χ2v) is 4.70. The van der Waals surface area contributed by atoms with Gasteiger partial charge in [0.15, 0.2) is 0 Å². The molecular weight excluding hydrogens is 184 g/mol. The molecule has 2 rings (SSSR count). The van der Waals surface area contributed by atoms with Crippen LogP contribution in [0.3, 0.4) is 0 Å². The maximum absolute atomic E-state index is 10.1. The van der Waals surface area contributed by atoms with Crippen LogP contribution in [-0.2, 0) is 0 Å². The molecular formula is C14H18O. The Balaban J connectivity index is 2.39. The number of phenols is 1. The fraction of sp³-hybridized carbons (Fsp3) is 0.429. The van der Waals surface area contributed by atoms with Crippen LogP contribution in [-0.4, -0.2) is 5.11 Å². The SMILES string of the molecule is C=C(c1cccc(C(C)C)c1O)C1CC1. The van der Waals surface area contributed by atoms with Crippen LogP contribution in [0.5, 0.6) is 5.75 Å². The first-order chi connectivity index (χ1) is 7.11. The number of benzene rings is 1. The number of hydrogen-bond donors (Lipinski definition) is 1. The largest absolute Gasteiger partial charge is 0.507 e. The van der Waals surface area contributed by atoms with Gasteiger partial charge in [-0.05, 0) is 35.8 Å². The van der Waals surface area contributed by atoms with E-state index in [-0.39, 0.29) is 0 Å². The Hall–Kier alpha value is -1.24. The van der Waals surface area contributed by atoms with Crippen molar-refractivity contribution in [2.45, 2.75) is 32.6 Å². The molecule has 0 bridgehead atoms. The highest BCUT2D eigenvalue weighted by Gasteiger charge is 2.27. The number of aromatic hydroxyl groups is 1. The summed E-state index contributed by atoms with van der Waals surface area (Å²) in [6.45, 7) is 8.28. The summed E-state index contributed by atoms with van der Waals surface area (Å²) in [6, 6.07) is 5.98. The zero-order valence-corrected chi connectivity index (χ0v) is 9.46. The van der Waals surface area contributed by atoms with E-state index in [2.05, 4.69) is 20.4 Å². The van der Waals surface area contributed by atoms with Crippen molar-refractivity contribution in [3.8, 4) is 5.75 Å². The monoisotopic (exact) mass is 202 g/mol. The first kappa shape index (κ1) is 10.3. The van der Waals surface area contributed by atoms with E-state index in [9.17, 15) is 5.11 Å². The van der Waals surface area contributed by atoms with E-state index in [0.717, 1.165) is 16.7 Å². The highest BCUT2D eigenvalue weighted by Crippen LogP contribution is 2.44. The van der Waals surface area contributed by atoms with Crippen molar-refractivity contribution in [2.75, 3.05) is 0 Å². The van der Waals surface area contributed by atoms with Crippen LogP contribution in [0, 0.1) is 5.92 Å². The lowest BCUT2D eigenvalue weighted by Crippen LogP contribution is -1.93. The smallest absolute Gasteiger partial charge is 0.126 e. The number of para-hydroxylation sites is 1. The standard InChI is InChI=1S/C14H18O/c1-9(2)12-5-4-6-13(14(12)15)10(3)11-7-8-11/h4-6,9,11,15H,3,7-8H2,1-2H3. The molecule has 1 fully saturated rings. The molecule has 1 N–H and O–H groups in total. The Bertz CT molecular complexity index is 386. The maximum Gasteiger partial charge on any atom is 0.126 e. The molecule has 1 aliphatic carbocycles. The van der Waals surface area contributed by atoms with Crippen molar-refractivity contribution >= 4 is 5.57 Å². The predicted molar refractivity (Wildman–Crippen MR) is 64.0 cm³/mol. The molecule has 15 heavy (non-hydrogen) atoms. The first-order valence-electron chi connectivity index (χ1n) is 5.62. The van der Waals surface area contributed by atoms with Crippen molar-refractivity contribution in [1.29, 1.82) is 0 Å². The summed E-state index contributed by atoms with van der Waals surface area (Å²) in [4.78, 5) is 0. The Kier molecular flexibility index (Phi) is 2.56. The van der Waals surface area contributed by atoms with E-state index < -0.39 is 0 Å². The van der Waals surface area contributed by atoms with Crippen LogP contribution in [0.4, 0.5) is 0 Å². The third-order valence-corrected chi connectivity index (χ3v) is 3.11. The van der Waals surface area contributed by atoms with Crippen molar-refractivity contribution in [1.82, 2.24) is 0 Å². The summed E-state index contributed by atoms with van der Waals surface area (Å²) in [5.74, 6) is 1.40. The van der Waals surface area contributed by atoms with Gasteiger partial charge in [-0.1, -0.05) is 38.6 Å². The van der Waals surface area contributed by atoms with Gasteiger partial charge in [-0.2, -0.15) is 0 Å². The highest BCUT2D eigenvalue weighted by molar-refractivity contribution is 5.72. The topological polar surface area (TPSA) is 20.2 Å². The van der Waals surface area contributed by atoms with Gasteiger partial charge in [0.1, 0.15) is 5.75 Å². The second-order valence-electron chi connectivity index (χ2n) is 4.70. The molecule has 0 radical (unpaired) electrons. The number of allylic oxidation sites excluding steroid dienone is 1. The molecule has 1 aromatic carbocycles. The molecule has 1 heteroatoms. The molecule has 80 valence electrons. The van der Waals surface area contributed by atoms with Gasteiger partial charge in [0.25, 0.3) is 0 Å². The molecule has 0 unspecified atom stereocenters. The van der Waals surface area contributed by atoms with E-state index in [0.29, 0.717) is 17.6 Å². The summed E-state index contributed by atoms with van der Waals surface area (Å²) < 4.78 is 0. The molecule has 0 aliphatic heterocycles. The van der Waals surface area contributed by atoms with E-state index in [1.807, 2.05) is 18.2 Å². The van der Waals surface area contributed by atoms with E-state index in [4.69, 9.17) is 0 Å². The van der Waals surface area contributed by atoms with Crippen molar-refractivity contribution < 1.29 is 5.11 Å². The maximum atomic E-state index is 10.1. The van der Waals surface area contributed by atoms with Gasteiger partial charge in [0.05, 0.1) is 0 Å². The van der Waals surface area contributed by atoms with Gasteiger partial charge in [-0.25, -0.2) is 0 Å². The molecule has 1 saturated carbocycles. The van der Waals surface area contributed by atoms with Crippen LogP contribution < -0.4 is 0 Å². The van der Waals surface area contributed by atoms with Crippen LogP contribution in [0.15, 0.2) is 24.8 Å². The molecule has 0 spiro atoms. The molecule has 0 heterocycles. The zero-order chi connectivity index (χ0) is 11.0. The number of hydrogen-bond acceptors (Lipinski definition) is 1. The van der Waals surface area contributed by atoms with Crippen molar-refractivity contribution in [2.24, 2.45) is 5.92 Å². The van der Waals surface area contributed by atoms with E-state index in [1.165, 1.54) is 12.8 Å². The Morgan fingerprint density at radius 2 is 2.07 bits per heavy atom. The van der Waals surface area contributed by atoms with Crippen LogP contribution in [0.2, 0.25) is 0 Å². The van der Waals surface area contributed by atoms with Crippen molar-refractivity contribution in [3.05, 3.63) is 35.9 Å². The van der Waals surface area contributed by atoms with Gasteiger partial charge in [-0.3, -0.25) is 0 Å². The molecule has 0 saturated heterocycles. The summed E-state index contributed by atoms with van der Waals surface area (Å²) in [7, 11) is 0. The number of rotatable bonds is 3.